The fourth-order valence-electron chi connectivity index (χ4n) is 4.51. The molecule has 1 aliphatic rings. The van der Waals surface area contributed by atoms with E-state index in [0.29, 0.717) is 23.0 Å². The van der Waals surface area contributed by atoms with Crippen LogP contribution in [0.4, 0.5) is 23.1 Å². The molecule has 4 aromatic rings. The van der Waals surface area contributed by atoms with Gasteiger partial charge in [-0.15, -0.1) is 0 Å². The average molecular weight is 526 g/mol. The van der Waals surface area contributed by atoms with Gasteiger partial charge in [-0.25, -0.2) is 4.98 Å². The number of aliphatic hydroxyl groups excluding tert-OH is 1. The maximum absolute atomic E-state index is 12.5. The van der Waals surface area contributed by atoms with Crippen molar-refractivity contribution in [1.82, 2.24) is 19.5 Å². The van der Waals surface area contributed by atoms with Gasteiger partial charge in [0.25, 0.3) is 0 Å². The van der Waals surface area contributed by atoms with Gasteiger partial charge in [0, 0.05) is 35.4 Å². The Morgan fingerprint density at radius 1 is 1.10 bits per heavy atom. The summed E-state index contributed by atoms with van der Waals surface area (Å²) in [6, 6.07) is 14.7. The molecular weight excluding hydrogens is 494 g/mol. The number of hydrogen-bond donors (Lipinski definition) is 4. The second-order valence-corrected chi connectivity index (χ2v) is 9.39. The lowest BCUT2D eigenvalue weighted by Crippen LogP contribution is -2.29. The van der Waals surface area contributed by atoms with E-state index in [0.717, 1.165) is 54.9 Å². The molecule has 0 radical (unpaired) electrons. The van der Waals surface area contributed by atoms with Crippen LogP contribution in [0.3, 0.4) is 0 Å². The van der Waals surface area contributed by atoms with Crippen molar-refractivity contribution in [3.05, 3.63) is 60.4 Å². The van der Waals surface area contributed by atoms with E-state index < -0.39 is 5.91 Å². The first kappa shape index (κ1) is 26.0. The number of anilines is 4. The molecule has 0 spiro atoms. The van der Waals surface area contributed by atoms with Gasteiger partial charge in [0.15, 0.2) is 17.0 Å². The van der Waals surface area contributed by atoms with Crippen molar-refractivity contribution in [1.29, 1.82) is 0 Å². The highest BCUT2D eigenvalue weighted by atomic mass is 16.5. The maximum atomic E-state index is 12.5. The van der Waals surface area contributed by atoms with Gasteiger partial charge in [-0.1, -0.05) is 12.0 Å². The quantitative estimate of drug-likeness (QED) is 0.263. The molecule has 1 fully saturated rings. The van der Waals surface area contributed by atoms with Crippen LogP contribution in [0.5, 0.6) is 5.75 Å². The van der Waals surface area contributed by atoms with Crippen molar-refractivity contribution in [2.24, 2.45) is 0 Å². The number of rotatable bonds is 7. The van der Waals surface area contributed by atoms with Crippen molar-refractivity contribution in [3.63, 3.8) is 0 Å². The number of carbonyl (C=O) groups excluding carboxylic acids is 1. The lowest BCUT2D eigenvalue weighted by Gasteiger charge is -2.26. The summed E-state index contributed by atoms with van der Waals surface area (Å²) in [6.45, 7) is 2.76. The third kappa shape index (κ3) is 6.45. The van der Waals surface area contributed by atoms with Crippen LogP contribution in [-0.2, 0) is 11.3 Å². The van der Waals surface area contributed by atoms with Gasteiger partial charge in [-0.05, 0) is 75.1 Å². The number of nitrogens with one attached hydrogen (secondary N) is 3. The summed E-state index contributed by atoms with van der Waals surface area (Å²) in [5.74, 6) is 6.87. The normalized spacial score (nSPS) is 16.7. The molecule has 0 aliphatic heterocycles. The Kier molecular flexibility index (Phi) is 7.89. The molecule has 4 N–H and O–H groups in total. The van der Waals surface area contributed by atoms with E-state index in [2.05, 4.69) is 32.8 Å². The first-order valence-electron chi connectivity index (χ1n) is 13.0. The van der Waals surface area contributed by atoms with Crippen LogP contribution in [0, 0.1) is 11.8 Å². The van der Waals surface area contributed by atoms with Crippen molar-refractivity contribution in [3.8, 4) is 17.6 Å². The summed E-state index contributed by atoms with van der Waals surface area (Å²) in [7, 11) is 1.60. The highest BCUT2D eigenvalue weighted by Crippen LogP contribution is 2.27. The first-order valence-corrected chi connectivity index (χ1v) is 13.0. The minimum Gasteiger partial charge on any atom is -0.497 e. The zero-order valence-electron chi connectivity index (χ0n) is 21.9. The molecule has 2 heterocycles. The molecule has 1 amide bonds. The van der Waals surface area contributed by atoms with E-state index in [1.807, 2.05) is 29.7 Å². The Morgan fingerprint density at radius 2 is 1.87 bits per heavy atom. The Balaban J connectivity index is 1.33. The van der Waals surface area contributed by atoms with Crippen molar-refractivity contribution >= 4 is 40.2 Å². The molecule has 0 bridgehead atoms. The zero-order chi connectivity index (χ0) is 27.2. The number of amides is 1. The molecule has 39 heavy (non-hydrogen) atoms. The molecule has 1 saturated carbocycles. The highest BCUT2D eigenvalue weighted by molar-refractivity contribution is 6.04. The van der Waals surface area contributed by atoms with Crippen LogP contribution in [-0.4, -0.2) is 49.8 Å². The van der Waals surface area contributed by atoms with E-state index in [-0.39, 0.29) is 12.1 Å². The standard InChI is InChI=1S/C29H31N7O3/c1-3-36-18-30-26-27(34-29(35-28(26)36)33-20-10-12-23(37)13-11-20)32-22-6-4-5-21(17-22)31-25(38)16-9-19-7-14-24(39-2)15-8-19/h4-8,14-15,17-18,20,23,37H,3,10-13H2,1-2H3,(H,31,38)(H2,32,33,34,35)/t20-,23-. The van der Waals surface area contributed by atoms with Gasteiger partial charge in [-0.2, -0.15) is 9.97 Å². The smallest absolute Gasteiger partial charge is 0.300 e. The summed E-state index contributed by atoms with van der Waals surface area (Å²) in [6.07, 6.45) is 4.78. The molecule has 5 rings (SSSR count). The number of imidazole rings is 1. The highest BCUT2D eigenvalue weighted by Gasteiger charge is 2.21. The van der Waals surface area contributed by atoms with Crippen LogP contribution in [0.2, 0.25) is 0 Å². The van der Waals surface area contributed by atoms with Crippen LogP contribution in [0.1, 0.15) is 38.2 Å². The van der Waals surface area contributed by atoms with E-state index in [9.17, 15) is 9.90 Å². The number of carbonyl (C=O) groups is 1. The summed E-state index contributed by atoms with van der Waals surface area (Å²) >= 11 is 0. The van der Waals surface area contributed by atoms with Gasteiger partial charge in [0.1, 0.15) is 5.75 Å². The van der Waals surface area contributed by atoms with E-state index in [4.69, 9.17) is 14.7 Å². The largest absolute Gasteiger partial charge is 0.497 e. The summed E-state index contributed by atoms with van der Waals surface area (Å²) < 4.78 is 7.11. The fourth-order valence-corrected chi connectivity index (χ4v) is 4.51. The third-order valence-corrected chi connectivity index (χ3v) is 6.63. The number of hydrogen-bond acceptors (Lipinski definition) is 8. The number of fused-ring (bicyclic) bond motifs is 1. The van der Waals surface area contributed by atoms with Crippen LogP contribution in [0.25, 0.3) is 11.2 Å². The molecule has 0 atom stereocenters. The predicted molar refractivity (Wildman–Crippen MR) is 151 cm³/mol. The van der Waals surface area contributed by atoms with Gasteiger partial charge < -0.3 is 30.4 Å². The molecule has 2 aromatic heterocycles. The number of aromatic nitrogens is 4. The average Bonchev–Trinajstić information content (AvgIpc) is 3.37. The van der Waals surface area contributed by atoms with E-state index in [1.165, 1.54) is 0 Å². The van der Waals surface area contributed by atoms with Crippen molar-refractivity contribution in [2.45, 2.75) is 51.3 Å². The number of aliphatic hydroxyl groups is 1. The van der Waals surface area contributed by atoms with E-state index >= 15 is 0 Å². The lowest BCUT2D eigenvalue weighted by molar-refractivity contribution is -0.111. The maximum Gasteiger partial charge on any atom is 0.300 e. The summed E-state index contributed by atoms with van der Waals surface area (Å²) in [4.78, 5) is 26.5. The fraction of sp³-hybridized carbons (Fsp3) is 0.310. The van der Waals surface area contributed by atoms with E-state index in [1.54, 1.807) is 43.8 Å². The molecule has 1 aliphatic carbocycles. The molecule has 0 saturated heterocycles. The number of methoxy groups -OCH3 is 1. The van der Waals surface area contributed by atoms with Crippen LogP contribution in [0.15, 0.2) is 54.9 Å². The van der Waals surface area contributed by atoms with Gasteiger partial charge in [0.2, 0.25) is 5.95 Å². The van der Waals surface area contributed by atoms with Crippen molar-refractivity contribution < 1.29 is 14.6 Å². The monoisotopic (exact) mass is 525 g/mol. The first-order chi connectivity index (χ1) is 19.0. The van der Waals surface area contributed by atoms with Gasteiger partial charge in [0.05, 0.1) is 19.5 Å². The molecule has 200 valence electrons. The lowest BCUT2D eigenvalue weighted by atomic mass is 9.93. The van der Waals surface area contributed by atoms with Crippen LogP contribution >= 0.6 is 0 Å². The summed E-state index contributed by atoms with van der Waals surface area (Å²) in [5, 5.41) is 19.4. The Morgan fingerprint density at radius 3 is 2.62 bits per heavy atom. The molecule has 2 aromatic carbocycles. The topological polar surface area (TPSA) is 126 Å². The molecule has 10 heteroatoms. The third-order valence-electron chi connectivity index (χ3n) is 6.63. The minimum atomic E-state index is -0.418. The predicted octanol–water partition coefficient (Wildman–Crippen LogP) is 4.30. The molecule has 10 nitrogen and oxygen atoms in total. The summed E-state index contributed by atoms with van der Waals surface area (Å²) in [5.41, 5.74) is 3.42. The Bertz CT molecular complexity index is 1510. The van der Waals surface area contributed by atoms with Crippen molar-refractivity contribution in [2.75, 3.05) is 23.1 Å². The number of nitrogens with zero attached hydrogens (tertiary/aromatic N) is 4. The van der Waals surface area contributed by atoms with Gasteiger partial charge in [-0.3, -0.25) is 4.79 Å². The number of aryl methyl sites for hydroxylation is 1. The SMILES string of the molecule is CCn1cnc2c(Nc3cccc(NC(=O)C#Cc4ccc(OC)cc4)c3)nc(N[C@H]3CC[C@H](O)CC3)nc21. The minimum absolute atomic E-state index is 0.203. The van der Waals surface area contributed by atoms with Gasteiger partial charge >= 0.3 is 5.91 Å². The molecule has 0 unspecified atom stereocenters. The second-order valence-electron chi connectivity index (χ2n) is 9.39. The Hall–Kier alpha value is -4.62. The molecular formula is C29H31N7O3. The Labute approximate surface area is 226 Å². The number of ether oxygens (including phenoxy) is 1. The van der Waals surface area contributed by atoms with Crippen LogP contribution < -0.4 is 20.7 Å². The number of benzene rings is 2. The second kappa shape index (κ2) is 11.8. The zero-order valence-corrected chi connectivity index (χ0v) is 21.9.